The molecule has 21 heavy (non-hydrogen) atoms. The first-order chi connectivity index (χ1) is 9.95. The summed E-state index contributed by atoms with van der Waals surface area (Å²) in [6.07, 6.45) is 0.0218. The molecule has 116 valence electrons. The van der Waals surface area contributed by atoms with Crippen LogP contribution >= 0.6 is 0 Å². The van der Waals surface area contributed by atoms with Crippen LogP contribution in [0.2, 0.25) is 0 Å². The third-order valence-electron chi connectivity index (χ3n) is 3.13. The summed E-state index contributed by atoms with van der Waals surface area (Å²) in [5.41, 5.74) is 2.08. The van der Waals surface area contributed by atoms with E-state index in [1.165, 1.54) is 0 Å². The molecule has 0 unspecified atom stereocenters. The van der Waals surface area contributed by atoms with Gasteiger partial charge in [0.1, 0.15) is 5.75 Å². The molecule has 0 radical (unpaired) electrons. The highest BCUT2D eigenvalue weighted by atomic mass is 16.6. The van der Waals surface area contributed by atoms with E-state index in [0.29, 0.717) is 12.3 Å². The molecule has 0 saturated carbocycles. The van der Waals surface area contributed by atoms with Crippen molar-refractivity contribution in [2.24, 2.45) is 0 Å². The van der Waals surface area contributed by atoms with Crippen molar-refractivity contribution < 1.29 is 19.1 Å². The molecule has 0 heterocycles. The quantitative estimate of drug-likeness (QED) is 0.782. The number of benzene rings is 1. The van der Waals surface area contributed by atoms with E-state index in [0.717, 1.165) is 17.5 Å². The van der Waals surface area contributed by atoms with Gasteiger partial charge in [0, 0.05) is 6.54 Å². The lowest BCUT2D eigenvalue weighted by Gasteiger charge is -2.14. The highest BCUT2D eigenvalue weighted by Crippen LogP contribution is 2.20. The molecule has 0 aromatic heterocycles. The van der Waals surface area contributed by atoms with Crippen molar-refractivity contribution in [3.63, 3.8) is 0 Å². The van der Waals surface area contributed by atoms with E-state index in [1.807, 2.05) is 32.9 Å². The Hall–Kier alpha value is -2.04. The van der Waals surface area contributed by atoms with Crippen molar-refractivity contribution in [1.82, 2.24) is 5.32 Å². The molecular weight excluding hydrogens is 270 g/mol. The molecule has 0 fully saturated rings. The number of carbonyl (C=O) groups is 2. The van der Waals surface area contributed by atoms with Crippen LogP contribution < -0.4 is 10.1 Å². The summed E-state index contributed by atoms with van der Waals surface area (Å²) < 4.78 is 10.5. The van der Waals surface area contributed by atoms with Gasteiger partial charge in [-0.3, -0.25) is 4.79 Å². The topological polar surface area (TPSA) is 64.6 Å². The fourth-order valence-electron chi connectivity index (χ4n) is 1.69. The number of rotatable bonds is 7. The van der Waals surface area contributed by atoms with Crippen molar-refractivity contribution in [3.8, 4) is 5.75 Å². The molecule has 1 aromatic rings. The summed E-state index contributed by atoms with van der Waals surface area (Å²) in [4.78, 5) is 23.3. The van der Waals surface area contributed by atoms with Gasteiger partial charge in [0.05, 0.1) is 0 Å². The van der Waals surface area contributed by atoms with E-state index in [1.54, 1.807) is 13.0 Å². The predicted octanol–water partition coefficient (Wildman–Crippen LogP) is 2.14. The van der Waals surface area contributed by atoms with Crippen molar-refractivity contribution in [2.45, 2.75) is 40.2 Å². The predicted molar refractivity (Wildman–Crippen MR) is 80.3 cm³/mol. The molecule has 1 amide bonds. The SMILES string of the molecule is CCCNC(=O)[C@@H](C)OC(=O)COc1cccc(C)c1C. The second kappa shape index (κ2) is 8.29. The fraction of sp³-hybridized carbons (Fsp3) is 0.500. The van der Waals surface area contributed by atoms with E-state index in [-0.39, 0.29) is 12.5 Å². The molecular formula is C16H23NO4. The largest absolute Gasteiger partial charge is 0.482 e. The van der Waals surface area contributed by atoms with E-state index in [2.05, 4.69) is 5.32 Å². The van der Waals surface area contributed by atoms with Gasteiger partial charge in [0.2, 0.25) is 0 Å². The molecule has 0 aliphatic rings. The molecule has 0 aliphatic heterocycles. The zero-order chi connectivity index (χ0) is 15.8. The van der Waals surface area contributed by atoms with Crippen molar-refractivity contribution in [2.75, 3.05) is 13.2 Å². The molecule has 0 aliphatic carbocycles. The zero-order valence-corrected chi connectivity index (χ0v) is 13.1. The number of ether oxygens (including phenoxy) is 2. The normalized spacial score (nSPS) is 11.6. The maximum absolute atomic E-state index is 11.7. The van der Waals surface area contributed by atoms with Crippen LogP contribution in [0, 0.1) is 13.8 Å². The summed E-state index contributed by atoms with van der Waals surface area (Å²) in [7, 11) is 0. The first-order valence-corrected chi connectivity index (χ1v) is 7.12. The van der Waals surface area contributed by atoms with Crippen LogP contribution in [0.3, 0.4) is 0 Å². The van der Waals surface area contributed by atoms with Crippen molar-refractivity contribution >= 4 is 11.9 Å². The summed E-state index contributed by atoms with van der Waals surface area (Å²) in [6.45, 7) is 7.75. The molecule has 0 spiro atoms. The smallest absolute Gasteiger partial charge is 0.344 e. The third-order valence-corrected chi connectivity index (χ3v) is 3.13. The second-order valence-corrected chi connectivity index (χ2v) is 4.91. The Bertz CT molecular complexity index is 499. The van der Waals surface area contributed by atoms with Gasteiger partial charge >= 0.3 is 5.97 Å². The lowest BCUT2D eigenvalue weighted by atomic mass is 10.1. The van der Waals surface area contributed by atoms with Gasteiger partial charge in [-0.25, -0.2) is 4.79 Å². The van der Waals surface area contributed by atoms with E-state index in [4.69, 9.17) is 9.47 Å². The third kappa shape index (κ3) is 5.45. The molecule has 5 heteroatoms. The summed E-state index contributed by atoms with van der Waals surface area (Å²) in [5, 5.41) is 2.67. The average Bonchev–Trinajstić information content (AvgIpc) is 2.46. The number of nitrogens with one attached hydrogen (secondary N) is 1. The molecule has 1 rings (SSSR count). The first kappa shape index (κ1) is 17.0. The lowest BCUT2D eigenvalue weighted by molar-refractivity contribution is -0.156. The Labute approximate surface area is 125 Å². The number of hydrogen-bond donors (Lipinski definition) is 1. The Morgan fingerprint density at radius 3 is 2.67 bits per heavy atom. The number of hydrogen-bond acceptors (Lipinski definition) is 4. The molecule has 1 atom stereocenters. The number of carbonyl (C=O) groups excluding carboxylic acids is 2. The minimum atomic E-state index is -0.814. The van der Waals surface area contributed by atoms with Crippen LogP contribution in [0.5, 0.6) is 5.75 Å². The molecule has 5 nitrogen and oxygen atoms in total. The monoisotopic (exact) mass is 293 g/mol. The number of amides is 1. The summed E-state index contributed by atoms with van der Waals surface area (Å²) in [5.74, 6) is -0.206. The van der Waals surface area contributed by atoms with E-state index < -0.39 is 12.1 Å². The highest BCUT2D eigenvalue weighted by molar-refractivity contribution is 5.83. The molecule has 0 saturated heterocycles. The molecule has 1 N–H and O–H groups in total. The van der Waals surface area contributed by atoms with Crippen molar-refractivity contribution in [3.05, 3.63) is 29.3 Å². The maximum atomic E-state index is 11.7. The van der Waals surface area contributed by atoms with Gasteiger partial charge in [-0.15, -0.1) is 0 Å². The van der Waals surface area contributed by atoms with E-state index >= 15 is 0 Å². The van der Waals surface area contributed by atoms with Gasteiger partial charge in [-0.05, 0) is 44.4 Å². The number of aryl methyl sites for hydroxylation is 1. The van der Waals surface area contributed by atoms with Gasteiger partial charge < -0.3 is 14.8 Å². The Balaban J connectivity index is 2.43. The van der Waals surface area contributed by atoms with Crippen molar-refractivity contribution in [1.29, 1.82) is 0 Å². The standard InChI is InChI=1S/C16H23NO4/c1-5-9-17-16(19)13(4)21-15(18)10-20-14-8-6-7-11(2)12(14)3/h6-8,13H,5,9-10H2,1-4H3,(H,17,19)/t13-/m1/s1. The lowest BCUT2D eigenvalue weighted by Crippen LogP contribution is -2.37. The molecule has 1 aromatic carbocycles. The van der Waals surface area contributed by atoms with Gasteiger partial charge in [-0.1, -0.05) is 19.1 Å². The minimum Gasteiger partial charge on any atom is -0.482 e. The van der Waals surface area contributed by atoms with Gasteiger partial charge in [-0.2, -0.15) is 0 Å². The fourth-order valence-corrected chi connectivity index (χ4v) is 1.69. The number of esters is 1. The molecule has 0 bridgehead atoms. The van der Waals surface area contributed by atoms with Gasteiger partial charge in [0.25, 0.3) is 5.91 Å². The minimum absolute atomic E-state index is 0.213. The van der Waals surface area contributed by atoms with Crippen LogP contribution in [-0.2, 0) is 14.3 Å². The average molecular weight is 293 g/mol. The van der Waals surface area contributed by atoms with Crippen LogP contribution in [0.15, 0.2) is 18.2 Å². The summed E-state index contributed by atoms with van der Waals surface area (Å²) in [6, 6.07) is 5.64. The Morgan fingerprint density at radius 1 is 1.29 bits per heavy atom. The Kier molecular flexibility index (Phi) is 6.72. The second-order valence-electron chi connectivity index (χ2n) is 4.91. The maximum Gasteiger partial charge on any atom is 0.344 e. The van der Waals surface area contributed by atoms with Crippen LogP contribution in [0.1, 0.15) is 31.4 Å². The first-order valence-electron chi connectivity index (χ1n) is 7.12. The zero-order valence-electron chi connectivity index (χ0n) is 13.1. The summed E-state index contributed by atoms with van der Waals surface area (Å²) >= 11 is 0. The highest BCUT2D eigenvalue weighted by Gasteiger charge is 2.17. The van der Waals surface area contributed by atoms with Crippen LogP contribution in [-0.4, -0.2) is 31.1 Å². The van der Waals surface area contributed by atoms with Gasteiger partial charge in [0.15, 0.2) is 12.7 Å². The van der Waals surface area contributed by atoms with E-state index in [9.17, 15) is 9.59 Å². The van der Waals surface area contributed by atoms with Crippen LogP contribution in [0.4, 0.5) is 0 Å². The van der Waals surface area contributed by atoms with Crippen LogP contribution in [0.25, 0.3) is 0 Å². The Morgan fingerprint density at radius 2 is 2.00 bits per heavy atom.